The van der Waals surface area contributed by atoms with Crippen molar-refractivity contribution in [1.82, 2.24) is 0 Å². The summed E-state index contributed by atoms with van der Waals surface area (Å²) in [6.07, 6.45) is 63.2. The van der Waals surface area contributed by atoms with E-state index in [1.165, 1.54) is 103 Å². The number of hydrogen-bond donors (Lipinski definition) is 0. The molecule has 0 aromatic heterocycles. The summed E-state index contributed by atoms with van der Waals surface area (Å²) >= 11 is 0. The number of hydrogen-bond acceptors (Lipinski definition) is 6. The largest absolute Gasteiger partial charge is 0.462 e. The van der Waals surface area contributed by atoms with Crippen LogP contribution in [0.5, 0.6) is 0 Å². The lowest BCUT2D eigenvalue weighted by atomic mass is 10.1. The van der Waals surface area contributed by atoms with E-state index in [0.29, 0.717) is 19.3 Å². The summed E-state index contributed by atoms with van der Waals surface area (Å²) in [6.45, 7) is 6.43. The van der Waals surface area contributed by atoms with Gasteiger partial charge in [-0.15, -0.1) is 0 Å². The first-order chi connectivity index (χ1) is 30.5. The van der Waals surface area contributed by atoms with Crippen molar-refractivity contribution in [3.05, 3.63) is 72.9 Å². The number of carbonyl (C=O) groups excluding carboxylic acids is 3. The van der Waals surface area contributed by atoms with E-state index in [-0.39, 0.29) is 31.1 Å². The quantitative estimate of drug-likeness (QED) is 0.0199. The fourth-order valence-corrected chi connectivity index (χ4v) is 7.02. The number of ether oxygens (including phenoxy) is 3. The maximum absolute atomic E-state index is 12.8. The second-order valence-corrected chi connectivity index (χ2v) is 17.1. The minimum Gasteiger partial charge on any atom is -0.462 e. The van der Waals surface area contributed by atoms with Gasteiger partial charge in [0.25, 0.3) is 0 Å². The molecule has 0 aromatic carbocycles. The topological polar surface area (TPSA) is 78.9 Å². The average Bonchev–Trinajstić information content (AvgIpc) is 3.27. The summed E-state index contributed by atoms with van der Waals surface area (Å²) in [7, 11) is 0. The van der Waals surface area contributed by atoms with Gasteiger partial charge in [-0.05, 0) is 96.3 Å². The first-order valence-corrected chi connectivity index (χ1v) is 26.0. The number of rotatable bonds is 46. The highest BCUT2D eigenvalue weighted by atomic mass is 16.6. The lowest BCUT2D eigenvalue weighted by molar-refractivity contribution is -0.167. The molecule has 0 spiro atoms. The van der Waals surface area contributed by atoms with Gasteiger partial charge in [0.15, 0.2) is 6.10 Å². The number of unbranched alkanes of at least 4 members (excludes halogenated alkanes) is 24. The second kappa shape index (κ2) is 50.5. The predicted octanol–water partition coefficient (Wildman–Crippen LogP) is 17.0. The number of allylic oxidation sites excluding steroid dienone is 12. The molecule has 0 saturated heterocycles. The van der Waals surface area contributed by atoms with Gasteiger partial charge >= 0.3 is 17.9 Å². The zero-order valence-electron chi connectivity index (χ0n) is 40.6. The minimum atomic E-state index is -0.795. The molecule has 6 nitrogen and oxygen atoms in total. The highest BCUT2D eigenvalue weighted by Gasteiger charge is 2.19. The Morgan fingerprint density at radius 3 is 1.16 bits per heavy atom. The summed E-state index contributed by atoms with van der Waals surface area (Å²) in [6, 6.07) is 0. The Morgan fingerprint density at radius 2 is 0.694 bits per heavy atom. The van der Waals surface area contributed by atoms with Crippen LogP contribution in [0.2, 0.25) is 0 Å². The van der Waals surface area contributed by atoms with Crippen molar-refractivity contribution in [2.75, 3.05) is 13.2 Å². The van der Waals surface area contributed by atoms with Crippen molar-refractivity contribution >= 4 is 17.9 Å². The molecule has 0 fully saturated rings. The van der Waals surface area contributed by atoms with E-state index in [0.717, 1.165) is 103 Å². The van der Waals surface area contributed by atoms with Crippen LogP contribution < -0.4 is 0 Å². The molecule has 356 valence electrons. The van der Waals surface area contributed by atoms with Crippen LogP contribution in [-0.4, -0.2) is 37.2 Å². The van der Waals surface area contributed by atoms with Crippen molar-refractivity contribution in [2.45, 2.75) is 252 Å². The highest BCUT2D eigenvalue weighted by molar-refractivity contribution is 5.71. The Labute approximate surface area is 382 Å². The molecular formula is C56H96O6. The van der Waals surface area contributed by atoms with Gasteiger partial charge < -0.3 is 14.2 Å². The Hall–Kier alpha value is -3.15. The SMILES string of the molecule is CC/C=C\C/C=C\C/C=C\CCCCCCCCCCCC(=O)OCC(COC(=O)CCCCC/C=C\C=C/CCCC)OC(=O)CCCCC/C=C\CCCCCCCCC. The first kappa shape index (κ1) is 58.9. The van der Waals surface area contributed by atoms with Crippen LogP contribution in [0.1, 0.15) is 245 Å². The van der Waals surface area contributed by atoms with Gasteiger partial charge in [0.2, 0.25) is 0 Å². The zero-order valence-corrected chi connectivity index (χ0v) is 40.6. The Morgan fingerprint density at radius 1 is 0.355 bits per heavy atom. The molecule has 0 heterocycles. The average molecular weight is 865 g/mol. The lowest BCUT2D eigenvalue weighted by Gasteiger charge is -2.18. The maximum atomic E-state index is 12.8. The van der Waals surface area contributed by atoms with E-state index in [4.69, 9.17) is 14.2 Å². The van der Waals surface area contributed by atoms with E-state index in [1.807, 2.05) is 0 Å². The van der Waals surface area contributed by atoms with E-state index >= 15 is 0 Å². The highest BCUT2D eigenvalue weighted by Crippen LogP contribution is 2.14. The molecule has 1 atom stereocenters. The second-order valence-electron chi connectivity index (χ2n) is 17.1. The molecule has 0 rings (SSSR count). The molecule has 0 aliphatic carbocycles. The molecule has 0 bridgehead atoms. The summed E-state index contributed by atoms with van der Waals surface area (Å²) < 4.78 is 16.7. The number of esters is 3. The van der Waals surface area contributed by atoms with Crippen LogP contribution in [0.4, 0.5) is 0 Å². The van der Waals surface area contributed by atoms with E-state index in [1.54, 1.807) is 0 Å². The van der Waals surface area contributed by atoms with Crippen molar-refractivity contribution in [3.63, 3.8) is 0 Å². The Kier molecular flexibility index (Phi) is 47.9. The van der Waals surface area contributed by atoms with E-state index in [9.17, 15) is 14.4 Å². The van der Waals surface area contributed by atoms with Crippen LogP contribution in [-0.2, 0) is 28.6 Å². The third-order valence-corrected chi connectivity index (χ3v) is 10.9. The van der Waals surface area contributed by atoms with Gasteiger partial charge in [-0.1, -0.05) is 203 Å². The lowest BCUT2D eigenvalue weighted by Crippen LogP contribution is -2.30. The number of carbonyl (C=O) groups is 3. The van der Waals surface area contributed by atoms with Gasteiger partial charge in [0, 0.05) is 19.3 Å². The van der Waals surface area contributed by atoms with Gasteiger partial charge in [-0.25, -0.2) is 0 Å². The van der Waals surface area contributed by atoms with Crippen LogP contribution in [0.25, 0.3) is 0 Å². The third kappa shape index (κ3) is 47.9. The normalized spacial score (nSPS) is 12.6. The molecular weight excluding hydrogens is 769 g/mol. The smallest absolute Gasteiger partial charge is 0.306 e. The first-order valence-electron chi connectivity index (χ1n) is 26.0. The van der Waals surface area contributed by atoms with Crippen LogP contribution >= 0.6 is 0 Å². The van der Waals surface area contributed by atoms with Gasteiger partial charge in [0.05, 0.1) is 0 Å². The molecule has 0 saturated carbocycles. The predicted molar refractivity (Wildman–Crippen MR) is 265 cm³/mol. The molecule has 0 aliphatic rings. The summed E-state index contributed by atoms with van der Waals surface area (Å²) in [5, 5.41) is 0. The van der Waals surface area contributed by atoms with Crippen LogP contribution in [0, 0.1) is 0 Å². The van der Waals surface area contributed by atoms with Crippen molar-refractivity contribution in [2.24, 2.45) is 0 Å². The summed E-state index contributed by atoms with van der Waals surface area (Å²) in [4.78, 5) is 37.9. The zero-order chi connectivity index (χ0) is 45.1. The Bertz CT molecular complexity index is 1180. The maximum Gasteiger partial charge on any atom is 0.306 e. The van der Waals surface area contributed by atoms with Crippen molar-refractivity contribution in [3.8, 4) is 0 Å². The van der Waals surface area contributed by atoms with Crippen LogP contribution in [0.3, 0.4) is 0 Å². The molecule has 62 heavy (non-hydrogen) atoms. The minimum absolute atomic E-state index is 0.0929. The fraction of sp³-hybridized carbons (Fsp3) is 0.732. The summed E-state index contributed by atoms with van der Waals surface area (Å²) in [5.41, 5.74) is 0. The Balaban J connectivity index is 4.38. The summed E-state index contributed by atoms with van der Waals surface area (Å²) in [5.74, 6) is -0.942. The van der Waals surface area contributed by atoms with Gasteiger partial charge in [0.1, 0.15) is 13.2 Å². The molecule has 0 aromatic rings. The monoisotopic (exact) mass is 865 g/mol. The molecule has 0 radical (unpaired) electrons. The van der Waals surface area contributed by atoms with Crippen molar-refractivity contribution < 1.29 is 28.6 Å². The van der Waals surface area contributed by atoms with Gasteiger partial charge in [-0.3, -0.25) is 14.4 Å². The standard InChI is InChI=1S/C56H96O6/c1-4-7-10-13-16-19-22-24-26-27-28-29-30-32-34-37-40-43-46-49-55(58)61-52-53(51-60-54(57)48-45-42-39-36-33-21-18-15-12-9-6-3)62-56(59)50-47-44-41-38-35-31-25-23-20-17-14-11-8-5-2/h7,10,15-16,18-19,21,24,26,31,33,35,53H,4-6,8-9,11-14,17,20,22-23,25,27-30,32,34,36-52H2,1-3H3/b10-7-,18-15-,19-16-,26-24-,33-21-,35-31-. The van der Waals surface area contributed by atoms with Gasteiger partial charge in [-0.2, -0.15) is 0 Å². The van der Waals surface area contributed by atoms with Crippen LogP contribution in [0.15, 0.2) is 72.9 Å². The van der Waals surface area contributed by atoms with Crippen molar-refractivity contribution in [1.29, 1.82) is 0 Å². The molecule has 0 N–H and O–H groups in total. The van der Waals surface area contributed by atoms with E-state index < -0.39 is 6.10 Å². The molecule has 6 heteroatoms. The molecule has 1 unspecified atom stereocenters. The third-order valence-electron chi connectivity index (χ3n) is 10.9. The van der Waals surface area contributed by atoms with E-state index in [2.05, 4.69) is 93.7 Å². The molecule has 0 aliphatic heterocycles. The fourth-order valence-electron chi connectivity index (χ4n) is 7.02. The molecule has 0 amide bonds.